The molecule has 35 heavy (non-hydrogen) atoms. The van der Waals surface area contributed by atoms with Gasteiger partial charge in [0.25, 0.3) is 5.91 Å². The van der Waals surface area contributed by atoms with Gasteiger partial charge in [-0.05, 0) is 69.0 Å². The maximum Gasteiger partial charge on any atom is 0.255 e. The Morgan fingerprint density at radius 3 is 2.51 bits per heavy atom. The lowest BCUT2D eigenvalue weighted by atomic mass is 10.0. The van der Waals surface area contributed by atoms with E-state index < -0.39 is 0 Å². The Hall–Kier alpha value is -3.52. The van der Waals surface area contributed by atoms with Gasteiger partial charge in [-0.1, -0.05) is 19.9 Å². The number of amides is 2. The monoisotopic (exact) mass is 476 g/mol. The van der Waals surface area contributed by atoms with E-state index in [-0.39, 0.29) is 18.2 Å². The van der Waals surface area contributed by atoms with Crippen molar-refractivity contribution in [1.29, 1.82) is 0 Å². The Morgan fingerprint density at radius 2 is 1.86 bits per heavy atom. The first-order valence-corrected chi connectivity index (χ1v) is 12.4. The quantitative estimate of drug-likeness (QED) is 0.422. The van der Waals surface area contributed by atoms with Crippen LogP contribution in [0.25, 0.3) is 6.08 Å². The van der Waals surface area contributed by atoms with Crippen LogP contribution in [0, 0.1) is 0 Å². The number of nitrogens with zero attached hydrogens (tertiary/aromatic N) is 3. The summed E-state index contributed by atoms with van der Waals surface area (Å²) in [6.45, 7) is 6.20. The number of rotatable bonds is 11. The van der Waals surface area contributed by atoms with E-state index in [1.807, 2.05) is 29.2 Å². The molecule has 0 bridgehead atoms. The molecule has 5 N–H and O–H groups in total. The number of pyridine rings is 1. The van der Waals surface area contributed by atoms with Crippen LogP contribution in [-0.2, 0) is 11.2 Å². The minimum Gasteiger partial charge on any atom is -0.387 e. The van der Waals surface area contributed by atoms with E-state index in [1.54, 1.807) is 18.3 Å². The summed E-state index contributed by atoms with van der Waals surface area (Å²) in [7, 11) is 0. The second-order valence-corrected chi connectivity index (χ2v) is 8.75. The number of hydrogen-bond donors (Lipinski definition) is 3. The molecule has 3 rings (SSSR count). The number of aromatic nitrogens is 1. The molecular formula is C27H36N6O2. The normalized spacial score (nSPS) is 12.8. The van der Waals surface area contributed by atoms with Crippen LogP contribution in [0.4, 0.5) is 11.4 Å². The molecule has 1 aliphatic rings. The zero-order valence-electron chi connectivity index (χ0n) is 20.7. The van der Waals surface area contributed by atoms with Gasteiger partial charge in [0.1, 0.15) is 5.84 Å². The second-order valence-electron chi connectivity index (χ2n) is 8.75. The number of hydrogen-bond acceptors (Lipinski definition) is 6. The molecule has 0 saturated heterocycles. The molecule has 1 aliphatic heterocycles. The fraction of sp³-hybridized carbons (Fsp3) is 0.407. The van der Waals surface area contributed by atoms with E-state index in [9.17, 15) is 9.59 Å². The highest BCUT2D eigenvalue weighted by atomic mass is 16.2. The maximum absolute atomic E-state index is 13.1. The van der Waals surface area contributed by atoms with Crippen molar-refractivity contribution in [3.05, 3.63) is 58.9 Å². The first-order chi connectivity index (χ1) is 16.9. The van der Waals surface area contributed by atoms with Crippen molar-refractivity contribution in [2.45, 2.75) is 52.4 Å². The first-order valence-electron chi connectivity index (χ1n) is 12.4. The van der Waals surface area contributed by atoms with Crippen molar-refractivity contribution in [2.75, 3.05) is 25.0 Å². The lowest BCUT2D eigenvalue weighted by Gasteiger charge is -2.22. The van der Waals surface area contributed by atoms with E-state index in [4.69, 9.17) is 11.5 Å². The molecule has 0 atom stereocenters. The number of amidine groups is 1. The van der Waals surface area contributed by atoms with E-state index in [1.165, 1.54) is 0 Å². The summed E-state index contributed by atoms with van der Waals surface area (Å²) in [6.07, 6.45) is 8.39. The van der Waals surface area contributed by atoms with E-state index in [0.717, 1.165) is 43.4 Å². The average molecular weight is 477 g/mol. The summed E-state index contributed by atoms with van der Waals surface area (Å²) in [5, 5.41) is 2.88. The molecule has 2 heterocycles. The number of nitrogens with two attached hydrogens (primary N) is 2. The van der Waals surface area contributed by atoms with Gasteiger partial charge in [-0.3, -0.25) is 14.6 Å². The molecule has 8 heteroatoms. The van der Waals surface area contributed by atoms with Crippen molar-refractivity contribution in [1.82, 2.24) is 9.88 Å². The highest BCUT2D eigenvalue weighted by Gasteiger charge is 2.21. The number of aliphatic imine (C=N–C) groups is 1. The van der Waals surface area contributed by atoms with Gasteiger partial charge in [-0.2, -0.15) is 0 Å². The predicted molar refractivity (Wildman–Crippen MR) is 142 cm³/mol. The number of anilines is 1. The van der Waals surface area contributed by atoms with Crippen molar-refractivity contribution in [3.8, 4) is 0 Å². The standard InChI is InChI=1S/C27H36N6O2/c1-3-13-33(14-4-2)27(35)21-15-19-8-9-20(16-24(19)32-25(29)17-21)26(34)31-23-11-10-22(30-18-23)7-5-6-12-28/h8-11,15-16,18H,3-7,12-14,17,28H2,1-2H3,(H2,29,32)(H,31,34). The largest absolute Gasteiger partial charge is 0.387 e. The van der Waals surface area contributed by atoms with Crippen LogP contribution in [0.5, 0.6) is 0 Å². The summed E-state index contributed by atoms with van der Waals surface area (Å²) >= 11 is 0. The molecule has 0 fully saturated rings. The van der Waals surface area contributed by atoms with Gasteiger partial charge in [-0.15, -0.1) is 0 Å². The van der Waals surface area contributed by atoms with Crippen molar-refractivity contribution in [2.24, 2.45) is 16.5 Å². The molecule has 0 unspecified atom stereocenters. The van der Waals surface area contributed by atoms with Crippen LogP contribution in [0.15, 0.2) is 47.1 Å². The number of carbonyl (C=O) groups excluding carboxylic acids is 2. The molecular weight excluding hydrogens is 440 g/mol. The third-order valence-corrected chi connectivity index (χ3v) is 5.78. The third kappa shape index (κ3) is 7.23. The fourth-order valence-electron chi connectivity index (χ4n) is 4.03. The van der Waals surface area contributed by atoms with E-state index >= 15 is 0 Å². The van der Waals surface area contributed by atoms with Gasteiger partial charge in [0.05, 0.1) is 17.6 Å². The summed E-state index contributed by atoms with van der Waals surface area (Å²) in [5.41, 5.74) is 15.7. The summed E-state index contributed by atoms with van der Waals surface area (Å²) in [4.78, 5) is 36.8. The molecule has 0 radical (unpaired) electrons. The molecule has 186 valence electrons. The topological polar surface area (TPSA) is 127 Å². The zero-order valence-corrected chi connectivity index (χ0v) is 20.7. The molecule has 0 saturated carbocycles. The zero-order chi connectivity index (χ0) is 25.2. The number of carbonyl (C=O) groups is 2. The van der Waals surface area contributed by atoms with Crippen LogP contribution < -0.4 is 16.8 Å². The number of aryl methyl sites for hydroxylation is 1. The summed E-state index contributed by atoms with van der Waals surface area (Å²) in [6, 6.07) is 9.00. The predicted octanol–water partition coefficient (Wildman–Crippen LogP) is 4.04. The second kappa shape index (κ2) is 12.8. The average Bonchev–Trinajstić information content (AvgIpc) is 3.02. The summed E-state index contributed by atoms with van der Waals surface area (Å²) < 4.78 is 0. The molecule has 2 amide bonds. The Morgan fingerprint density at radius 1 is 1.09 bits per heavy atom. The van der Waals surface area contributed by atoms with Gasteiger partial charge < -0.3 is 21.7 Å². The lowest BCUT2D eigenvalue weighted by molar-refractivity contribution is -0.127. The lowest BCUT2D eigenvalue weighted by Crippen LogP contribution is -2.34. The molecule has 1 aromatic heterocycles. The smallest absolute Gasteiger partial charge is 0.255 e. The Bertz CT molecular complexity index is 1090. The van der Waals surface area contributed by atoms with Crippen LogP contribution in [0.1, 0.15) is 67.6 Å². The molecule has 0 aliphatic carbocycles. The Labute approximate surface area is 207 Å². The number of fused-ring (bicyclic) bond motifs is 1. The first kappa shape index (κ1) is 26.1. The third-order valence-electron chi connectivity index (χ3n) is 5.78. The highest BCUT2D eigenvalue weighted by Crippen LogP contribution is 2.29. The van der Waals surface area contributed by atoms with Gasteiger partial charge in [0.15, 0.2) is 0 Å². The van der Waals surface area contributed by atoms with Gasteiger partial charge >= 0.3 is 0 Å². The minimum absolute atomic E-state index is 0.0134. The molecule has 2 aromatic rings. The highest BCUT2D eigenvalue weighted by molar-refractivity contribution is 6.07. The number of benzene rings is 1. The van der Waals surface area contributed by atoms with Crippen LogP contribution in [0.3, 0.4) is 0 Å². The minimum atomic E-state index is -0.263. The van der Waals surface area contributed by atoms with Gasteiger partial charge in [0, 0.05) is 41.9 Å². The molecule has 0 spiro atoms. The molecule has 1 aromatic carbocycles. The van der Waals surface area contributed by atoms with Gasteiger partial charge in [-0.25, -0.2) is 4.99 Å². The van der Waals surface area contributed by atoms with Crippen LogP contribution >= 0.6 is 0 Å². The SMILES string of the molecule is CCCN(CCC)C(=O)C1=Cc2ccc(C(=O)Nc3ccc(CCCCN)nc3)cc2N=C(N)C1. The number of nitrogens with one attached hydrogen (secondary N) is 1. The Balaban J connectivity index is 1.76. The fourth-order valence-corrected chi connectivity index (χ4v) is 4.03. The summed E-state index contributed by atoms with van der Waals surface area (Å²) in [5.74, 6) is 0.0737. The number of unbranched alkanes of at least 4 members (excludes halogenated alkanes) is 1. The van der Waals surface area contributed by atoms with Gasteiger partial charge in [0.2, 0.25) is 5.91 Å². The van der Waals surface area contributed by atoms with Crippen LogP contribution in [0.2, 0.25) is 0 Å². The molecule has 8 nitrogen and oxygen atoms in total. The van der Waals surface area contributed by atoms with Crippen molar-refractivity contribution in [3.63, 3.8) is 0 Å². The Kier molecular flexibility index (Phi) is 9.55. The maximum atomic E-state index is 13.1. The van der Waals surface area contributed by atoms with Crippen LogP contribution in [-0.4, -0.2) is 47.2 Å². The van der Waals surface area contributed by atoms with E-state index in [0.29, 0.717) is 48.0 Å². The van der Waals surface area contributed by atoms with Crippen molar-refractivity contribution >= 4 is 35.1 Å². The van der Waals surface area contributed by atoms with E-state index in [2.05, 4.69) is 29.1 Å². The van der Waals surface area contributed by atoms with Crippen molar-refractivity contribution < 1.29 is 9.59 Å².